The van der Waals surface area contributed by atoms with Gasteiger partial charge in [-0.1, -0.05) is 6.07 Å². The van der Waals surface area contributed by atoms with E-state index >= 15 is 0 Å². The first-order chi connectivity index (χ1) is 9.54. The van der Waals surface area contributed by atoms with Crippen LogP contribution in [0.25, 0.3) is 0 Å². The second-order valence-corrected chi connectivity index (χ2v) is 5.65. The van der Waals surface area contributed by atoms with Gasteiger partial charge >= 0.3 is 0 Å². The number of nitrogen functional groups attached to an aromatic ring is 1. The van der Waals surface area contributed by atoms with Gasteiger partial charge < -0.3 is 15.4 Å². The number of amides is 1. The summed E-state index contributed by atoms with van der Waals surface area (Å²) < 4.78 is 5.57. The SMILES string of the molecule is CCOc1c(N)cccc1C(=O)N(CC1CC1)C(C)C. The van der Waals surface area contributed by atoms with E-state index in [-0.39, 0.29) is 11.9 Å². The first-order valence-electron chi connectivity index (χ1n) is 7.36. The molecule has 4 nitrogen and oxygen atoms in total. The predicted molar refractivity (Wildman–Crippen MR) is 80.9 cm³/mol. The van der Waals surface area contributed by atoms with Crippen molar-refractivity contribution in [1.82, 2.24) is 4.90 Å². The molecule has 1 aromatic carbocycles. The first-order valence-corrected chi connectivity index (χ1v) is 7.36. The number of hydrogen-bond acceptors (Lipinski definition) is 3. The first kappa shape index (κ1) is 14.7. The van der Waals surface area contributed by atoms with E-state index in [0.29, 0.717) is 29.5 Å². The third-order valence-electron chi connectivity index (χ3n) is 3.60. The van der Waals surface area contributed by atoms with Gasteiger partial charge in [0.25, 0.3) is 5.91 Å². The Morgan fingerprint density at radius 3 is 2.70 bits per heavy atom. The van der Waals surface area contributed by atoms with Crippen LogP contribution in [0.1, 0.15) is 44.0 Å². The fraction of sp³-hybridized carbons (Fsp3) is 0.562. The minimum Gasteiger partial charge on any atom is -0.491 e. The fourth-order valence-electron chi connectivity index (χ4n) is 2.29. The van der Waals surface area contributed by atoms with Crippen LogP contribution in [-0.2, 0) is 0 Å². The molecule has 0 aliphatic heterocycles. The van der Waals surface area contributed by atoms with E-state index in [1.54, 1.807) is 18.2 Å². The molecule has 1 aromatic rings. The third kappa shape index (κ3) is 3.24. The summed E-state index contributed by atoms with van der Waals surface area (Å²) >= 11 is 0. The van der Waals surface area contributed by atoms with Crippen molar-refractivity contribution in [1.29, 1.82) is 0 Å². The maximum absolute atomic E-state index is 12.8. The topological polar surface area (TPSA) is 55.6 Å². The van der Waals surface area contributed by atoms with E-state index in [9.17, 15) is 4.79 Å². The zero-order chi connectivity index (χ0) is 14.7. The van der Waals surface area contributed by atoms with Gasteiger partial charge in [0.15, 0.2) is 5.75 Å². The van der Waals surface area contributed by atoms with E-state index in [0.717, 1.165) is 6.54 Å². The van der Waals surface area contributed by atoms with E-state index in [1.165, 1.54) is 12.8 Å². The van der Waals surface area contributed by atoms with Gasteiger partial charge in [0.1, 0.15) is 0 Å². The smallest absolute Gasteiger partial charge is 0.257 e. The molecule has 1 aliphatic rings. The molecule has 1 fully saturated rings. The Kier molecular flexibility index (Phi) is 4.53. The van der Waals surface area contributed by atoms with Gasteiger partial charge in [0.2, 0.25) is 0 Å². The monoisotopic (exact) mass is 276 g/mol. The molecule has 110 valence electrons. The Morgan fingerprint density at radius 1 is 1.45 bits per heavy atom. The molecule has 2 rings (SSSR count). The lowest BCUT2D eigenvalue weighted by molar-refractivity contribution is 0.0692. The van der Waals surface area contributed by atoms with Gasteiger partial charge in [-0.25, -0.2) is 0 Å². The molecule has 20 heavy (non-hydrogen) atoms. The minimum atomic E-state index is 0.0163. The summed E-state index contributed by atoms with van der Waals surface area (Å²) in [5.41, 5.74) is 7.03. The largest absolute Gasteiger partial charge is 0.491 e. The zero-order valence-electron chi connectivity index (χ0n) is 12.6. The second-order valence-electron chi connectivity index (χ2n) is 5.65. The predicted octanol–water partition coefficient (Wildman–Crippen LogP) is 2.93. The summed E-state index contributed by atoms with van der Waals surface area (Å²) in [6, 6.07) is 5.55. The van der Waals surface area contributed by atoms with Crippen LogP contribution in [0.5, 0.6) is 5.75 Å². The lowest BCUT2D eigenvalue weighted by Gasteiger charge is -2.28. The van der Waals surface area contributed by atoms with Gasteiger partial charge in [-0.15, -0.1) is 0 Å². The number of nitrogens with zero attached hydrogens (tertiary/aromatic N) is 1. The van der Waals surface area contributed by atoms with Crippen molar-refractivity contribution >= 4 is 11.6 Å². The quantitative estimate of drug-likeness (QED) is 0.813. The number of carbonyl (C=O) groups is 1. The molecule has 0 bridgehead atoms. The van der Waals surface area contributed by atoms with Crippen molar-refractivity contribution in [2.24, 2.45) is 5.92 Å². The standard InChI is InChI=1S/C16H24N2O2/c1-4-20-15-13(6-5-7-14(15)17)16(19)18(11(2)3)10-12-8-9-12/h5-7,11-12H,4,8-10,17H2,1-3H3. The molecule has 0 atom stereocenters. The number of carbonyl (C=O) groups excluding carboxylic acids is 1. The van der Waals surface area contributed by atoms with Crippen molar-refractivity contribution in [3.63, 3.8) is 0 Å². The van der Waals surface area contributed by atoms with Crippen LogP contribution >= 0.6 is 0 Å². The molecule has 0 unspecified atom stereocenters. The number of anilines is 1. The number of rotatable bonds is 6. The van der Waals surface area contributed by atoms with Gasteiger partial charge in [0.05, 0.1) is 17.9 Å². The Bertz CT molecular complexity index is 481. The third-order valence-corrected chi connectivity index (χ3v) is 3.60. The van der Waals surface area contributed by atoms with Crippen molar-refractivity contribution < 1.29 is 9.53 Å². The number of ether oxygens (including phenoxy) is 1. The molecular weight excluding hydrogens is 252 g/mol. The van der Waals surface area contributed by atoms with Gasteiger partial charge in [-0.3, -0.25) is 4.79 Å². The van der Waals surface area contributed by atoms with Gasteiger partial charge in [-0.2, -0.15) is 0 Å². The number of para-hydroxylation sites is 1. The van der Waals surface area contributed by atoms with Crippen LogP contribution < -0.4 is 10.5 Å². The summed E-state index contributed by atoms with van der Waals surface area (Å²) in [5.74, 6) is 1.20. The number of nitrogens with two attached hydrogens (primary N) is 1. The fourth-order valence-corrected chi connectivity index (χ4v) is 2.29. The lowest BCUT2D eigenvalue weighted by atomic mass is 10.1. The molecule has 1 amide bonds. The second kappa shape index (κ2) is 6.16. The van der Waals surface area contributed by atoms with Crippen molar-refractivity contribution in [2.75, 3.05) is 18.9 Å². The summed E-state index contributed by atoms with van der Waals surface area (Å²) in [7, 11) is 0. The number of hydrogen-bond donors (Lipinski definition) is 1. The molecule has 1 saturated carbocycles. The van der Waals surface area contributed by atoms with E-state index in [4.69, 9.17) is 10.5 Å². The maximum Gasteiger partial charge on any atom is 0.257 e. The van der Waals surface area contributed by atoms with Crippen molar-refractivity contribution in [3.05, 3.63) is 23.8 Å². The average molecular weight is 276 g/mol. The molecule has 0 spiro atoms. The van der Waals surface area contributed by atoms with Gasteiger partial charge in [-0.05, 0) is 51.7 Å². The van der Waals surface area contributed by atoms with Crippen LogP contribution in [0.2, 0.25) is 0 Å². The highest BCUT2D eigenvalue weighted by Gasteiger charge is 2.30. The van der Waals surface area contributed by atoms with Crippen molar-refractivity contribution in [2.45, 2.75) is 39.7 Å². The molecule has 2 N–H and O–H groups in total. The Balaban J connectivity index is 2.27. The summed E-state index contributed by atoms with van der Waals surface area (Å²) in [4.78, 5) is 14.7. The molecule has 4 heteroatoms. The molecule has 0 radical (unpaired) electrons. The molecule has 0 heterocycles. The Morgan fingerprint density at radius 2 is 2.15 bits per heavy atom. The van der Waals surface area contributed by atoms with E-state index in [1.807, 2.05) is 25.7 Å². The van der Waals surface area contributed by atoms with Crippen LogP contribution in [0, 0.1) is 5.92 Å². The van der Waals surface area contributed by atoms with E-state index < -0.39 is 0 Å². The van der Waals surface area contributed by atoms with Gasteiger partial charge in [0, 0.05) is 12.6 Å². The molecule has 0 aromatic heterocycles. The normalized spacial score (nSPS) is 14.4. The van der Waals surface area contributed by atoms with Crippen LogP contribution in [0.3, 0.4) is 0 Å². The van der Waals surface area contributed by atoms with Crippen molar-refractivity contribution in [3.8, 4) is 5.75 Å². The molecule has 1 aliphatic carbocycles. The summed E-state index contributed by atoms with van der Waals surface area (Å²) in [6.07, 6.45) is 2.46. The maximum atomic E-state index is 12.8. The van der Waals surface area contributed by atoms with Crippen LogP contribution in [-0.4, -0.2) is 30.0 Å². The molecule has 0 saturated heterocycles. The summed E-state index contributed by atoms with van der Waals surface area (Å²) in [6.45, 7) is 7.32. The highest BCUT2D eigenvalue weighted by Crippen LogP contribution is 2.33. The minimum absolute atomic E-state index is 0.0163. The van der Waals surface area contributed by atoms with E-state index in [2.05, 4.69) is 0 Å². The van der Waals surface area contributed by atoms with Crippen LogP contribution in [0.15, 0.2) is 18.2 Å². The summed E-state index contributed by atoms with van der Waals surface area (Å²) in [5, 5.41) is 0. The Hall–Kier alpha value is -1.71. The Labute approximate surface area is 120 Å². The molecular formula is C16H24N2O2. The van der Waals surface area contributed by atoms with Crippen LogP contribution in [0.4, 0.5) is 5.69 Å². The highest BCUT2D eigenvalue weighted by atomic mass is 16.5. The number of benzene rings is 1. The zero-order valence-corrected chi connectivity index (χ0v) is 12.6. The average Bonchev–Trinajstić information content (AvgIpc) is 3.21. The highest BCUT2D eigenvalue weighted by molar-refractivity contribution is 5.98. The lowest BCUT2D eigenvalue weighted by Crippen LogP contribution is -2.38.